The van der Waals surface area contributed by atoms with Gasteiger partial charge in [0.1, 0.15) is 0 Å². The maximum atomic E-state index is 12.1. The molecule has 1 fully saturated rings. The summed E-state index contributed by atoms with van der Waals surface area (Å²) in [5, 5.41) is 3.22. The van der Waals surface area contributed by atoms with E-state index in [1.54, 1.807) is 0 Å². The highest BCUT2D eigenvalue weighted by atomic mass is 32.2. The van der Waals surface area contributed by atoms with Crippen LogP contribution >= 0.6 is 0 Å². The molecule has 0 aliphatic carbocycles. The summed E-state index contributed by atoms with van der Waals surface area (Å²) in [6, 6.07) is 0.126. The van der Waals surface area contributed by atoms with E-state index >= 15 is 0 Å². The first-order chi connectivity index (χ1) is 8.10. The van der Waals surface area contributed by atoms with Crippen molar-refractivity contribution in [2.24, 2.45) is 0 Å². The number of sulfonamides is 1. The number of hydrogen-bond acceptors (Lipinski definition) is 4. The van der Waals surface area contributed by atoms with Crippen LogP contribution in [0.1, 0.15) is 26.7 Å². The van der Waals surface area contributed by atoms with E-state index in [-0.39, 0.29) is 11.8 Å². The Hall–Kier alpha value is -0.170. The fraction of sp³-hybridized carbons (Fsp3) is 1.00. The molecule has 1 atom stereocenters. The Balaban J connectivity index is 2.46. The predicted octanol–water partition coefficient (Wildman–Crippen LogP) is 0.427. The van der Waals surface area contributed by atoms with E-state index < -0.39 is 10.0 Å². The van der Waals surface area contributed by atoms with Crippen LogP contribution < -0.4 is 5.32 Å². The molecule has 0 aromatic heterocycles. The van der Waals surface area contributed by atoms with Gasteiger partial charge < -0.3 is 10.1 Å². The van der Waals surface area contributed by atoms with Crippen molar-refractivity contribution in [3.05, 3.63) is 0 Å². The van der Waals surface area contributed by atoms with E-state index in [4.69, 9.17) is 4.74 Å². The molecule has 1 saturated heterocycles. The Bertz CT molecular complexity index is 300. The zero-order valence-electron chi connectivity index (χ0n) is 10.8. The number of hydrogen-bond donors (Lipinski definition) is 1. The maximum absolute atomic E-state index is 12.1. The van der Waals surface area contributed by atoms with Crippen LogP contribution in [0.15, 0.2) is 0 Å². The summed E-state index contributed by atoms with van der Waals surface area (Å²) >= 11 is 0. The Kier molecular flexibility index (Phi) is 6.40. The highest BCUT2D eigenvalue weighted by Gasteiger charge is 2.26. The monoisotopic (exact) mass is 264 g/mol. The molecule has 1 unspecified atom stereocenters. The van der Waals surface area contributed by atoms with Crippen molar-refractivity contribution in [2.75, 3.05) is 38.6 Å². The van der Waals surface area contributed by atoms with Crippen molar-refractivity contribution >= 4 is 10.0 Å². The molecular formula is C11H24N2O3S. The van der Waals surface area contributed by atoms with Crippen molar-refractivity contribution < 1.29 is 13.2 Å². The largest absolute Gasteiger partial charge is 0.380 e. The SMILES string of the molecule is CCOCCN(CC)S(=O)(=O)CC1CCCN1. The van der Waals surface area contributed by atoms with Gasteiger partial charge in [-0.15, -0.1) is 0 Å². The molecule has 1 aliphatic heterocycles. The molecule has 102 valence electrons. The predicted molar refractivity (Wildman–Crippen MR) is 68.6 cm³/mol. The third kappa shape index (κ3) is 4.91. The lowest BCUT2D eigenvalue weighted by atomic mass is 10.3. The van der Waals surface area contributed by atoms with Gasteiger partial charge in [-0.3, -0.25) is 0 Å². The number of ether oxygens (including phenoxy) is 1. The maximum Gasteiger partial charge on any atom is 0.215 e. The van der Waals surface area contributed by atoms with Gasteiger partial charge in [-0.1, -0.05) is 6.92 Å². The minimum Gasteiger partial charge on any atom is -0.380 e. The summed E-state index contributed by atoms with van der Waals surface area (Å²) in [4.78, 5) is 0. The third-order valence-electron chi connectivity index (χ3n) is 3.01. The normalized spacial score (nSPS) is 21.2. The highest BCUT2D eigenvalue weighted by molar-refractivity contribution is 7.89. The summed E-state index contributed by atoms with van der Waals surface area (Å²) in [5.74, 6) is 0.215. The second kappa shape index (κ2) is 7.31. The zero-order valence-corrected chi connectivity index (χ0v) is 11.6. The Morgan fingerprint density at radius 1 is 1.41 bits per heavy atom. The number of nitrogens with zero attached hydrogens (tertiary/aromatic N) is 1. The molecule has 5 nitrogen and oxygen atoms in total. The first kappa shape index (κ1) is 14.9. The van der Waals surface area contributed by atoms with Crippen LogP contribution in [0.2, 0.25) is 0 Å². The molecule has 0 spiro atoms. The summed E-state index contributed by atoms with van der Waals surface area (Å²) < 4.78 is 31.0. The average molecular weight is 264 g/mol. The number of likely N-dealkylation sites (N-methyl/N-ethyl adjacent to an activating group) is 1. The van der Waals surface area contributed by atoms with Gasteiger partial charge in [0.05, 0.1) is 12.4 Å². The van der Waals surface area contributed by atoms with Gasteiger partial charge >= 0.3 is 0 Å². The minimum atomic E-state index is -3.15. The van der Waals surface area contributed by atoms with Gasteiger partial charge in [-0.25, -0.2) is 8.42 Å². The molecule has 0 saturated carbocycles. The molecule has 0 amide bonds. The smallest absolute Gasteiger partial charge is 0.215 e. The number of rotatable bonds is 8. The molecule has 0 bridgehead atoms. The van der Waals surface area contributed by atoms with Crippen LogP contribution in [0.5, 0.6) is 0 Å². The van der Waals surface area contributed by atoms with Crippen molar-refractivity contribution in [3.8, 4) is 0 Å². The van der Waals surface area contributed by atoms with Gasteiger partial charge in [-0.2, -0.15) is 4.31 Å². The number of nitrogens with one attached hydrogen (secondary N) is 1. The Morgan fingerprint density at radius 3 is 2.71 bits per heavy atom. The average Bonchev–Trinajstić information content (AvgIpc) is 2.76. The molecule has 1 N–H and O–H groups in total. The first-order valence-electron chi connectivity index (χ1n) is 6.39. The van der Waals surface area contributed by atoms with E-state index in [1.165, 1.54) is 4.31 Å². The summed E-state index contributed by atoms with van der Waals surface area (Å²) in [6.45, 7) is 6.79. The second-order valence-corrected chi connectivity index (χ2v) is 6.27. The fourth-order valence-electron chi connectivity index (χ4n) is 2.06. The molecule has 0 radical (unpaired) electrons. The summed E-state index contributed by atoms with van der Waals surface area (Å²) in [7, 11) is -3.15. The lowest BCUT2D eigenvalue weighted by molar-refractivity contribution is 0.135. The Morgan fingerprint density at radius 2 is 2.18 bits per heavy atom. The van der Waals surface area contributed by atoms with Crippen LogP contribution in [-0.4, -0.2) is 57.4 Å². The fourth-order valence-corrected chi connectivity index (χ4v) is 3.81. The van der Waals surface area contributed by atoms with Gasteiger partial charge in [0.2, 0.25) is 10.0 Å². The molecule has 1 rings (SSSR count). The van der Waals surface area contributed by atoms with Crippen LogP contribution in [0, 0.1) is 0 Å². The topological polar surface area (TPSA) is 58.6 Å². The van der Waals surface area contributed by atoms with Gasteiger partial charge in [0.15, 0.2) is 0 Å². The van der Waals surface area contributed by atoms with Gasteiger partial charge in [0, 0.05) is 25.7 Å². The molecule has 1 aliphatic rings. The molecule has 17 heavy (non-hydrogen) atoms. The lowest BCUT2D eigenvalue weighted by Gasteiger charge is -2.22. The molecule has 1 heterocycles. The molecule has 0 aromatic carbocycles. The van der Waals surface area contributed by atoms with E-state index in [0.29, 0.717) is 26.3 Å². The molecular weight excluding hydrogens is 240 g/mol. The molecule has 0 aromatic rings. The van der Waals surface area contributed by atoms with Gasteiger partial charge in [0.25, 0.3) is 0 Å². The lowest BCUT2D eigenvalue weighted by Crippen LogP contribution is -2.41. The summed E-state index contributed by atoms with van der Waals surface area (Å²) in [6.07, 6.45) is 2.04. The standard InChI is InChI=1S/C11H24N2O3S/c1-3-13(8-9-16-4-2)17(14,15)10-11-6-5-7-12-11/h11-12H,3-10H2,1-2H3. The van der Waals surface area contributed by atoms with Crippen LogP contribution in [-0.2, 0) is 14.8 Å². The van der Waals surface area contributed by atoms with Crippen LogP contribution in [0.3, 0.4) is 0 Å². The molecule has 6 heteroatoms. The van der Waals surface area contributed by atoms with E-state index in [2.05, 4.69) is 5.32 Å². The van der Waals surface area contributed by atoms with Crippen LogP contribution in [0.25, 0.3) is 0 Å². The van der Waals surface area contributed by atoms with Crippen molar-refractivity contribution in [2.45, 2.75) is 32.7 Å². The first-order valence-corrected chi connectivity index (χ1v) is 8.00. The zero-order chi connectivity index (χ0) is 12.7. The van der Waals surface area contributed by atoms with E-state index in [0.717, 1.165) is 19.4 Å². The summed E-state index contributed by atoms with van der Waals surface area (Å²) in [5.41, 5.74) is 0. The van der Waals surface area contributed by atoms with Gasteiger partial charge in [-0.05, 0) is 26.3 Å². The third-order valence-corrected chi connectivity index (χ3v) is 5.06. The van der Waals surface area contributed by atoms with Crippen molar-refractivity contribution in [3.63, 3.8) is 0 Å². The highest BCUT2D eigenvalue weighted by Crippen LogP contribution is 2.11. The minimum absolute atomic E-state index is 0.126. The van der Waals surface area contributed by atoms with E-state index in [1.807, 2.05) is 13.8 Å². The van der Waals surface area contributed by atoms with E-state index in [9.17, 15) is 8.42 Å². The van der Waals surface area contributed by atoms with Crippen LogP contribution in [0.4, 0.5) is 0 Å². The second-order valence-electron chi connectivity index (χ2n) is 4.26. The Labute approximate surface area is 105 Å². The van der Waals surface area contributed by atoms with Crippen molar-refractivity contribution in [1.29, 1.82) is 0 Å². The van der Waals surface area contributed by atoms with Crippen molar-refractivity contribution in [1.82, 2.24) is 9.62 Å². The quantitative estimate of drug-likeness (QED) is 0.646.